The molecule has 0 aliphatic heterocycles. The molecule has 2 saturated carbocycles. The maximum Gasteiger partial charge on any atom is 0.255 e. The van der Waals surface area contributed by atoms with Crippen LogP contribution in [-0.2, 0) is 0 Å². The molecule has 4 atom stereocenters. The van der Waals surface area contributed by atoms with E-state index in [-0.39, 0.29) is 23.3 Å². The second kappa shape index (κ2) is 5.08. The highest BCUT2D eigenvalue weighted by Gasteiger charge is 2.42. The van der Waals surface area contributed by atoms with Crippen LogP contribution in [0.2, 0.25) is 0 Å². The van der Waals surface area contributed by atoms with E-state index >= 15 is 0 Å². The molecule has 2 fully saturated rings. The van der Waals surface area contributed by atoms with Crippen LogP contribution >= 0.6 is 0 Å². The van der Waals surface area contributed by atoms with E-state index in [4.69, 9.17) is 0 Å². The summed E-state index contributed by atoms with van der Waals surface area (Å²) in [5.74, 6) is 0.946. The lowest BCUT2D eigenvalue weighted by atomic mass is 9.84. The number of hydrogen-bond donors (Lipinski definition) is 2. The molecule has 4 heteroatoms. The molecular formula is C16H20FNO2. The van der Waals surface area contributed by atoms with E-state index in [1.165, 1.54) is 37.8 Å². The van der Waals surface area contributed by atoms with Gasteiger partial charge in [-0.05, 0) is 56.1 Å². The normalized spacial score (nSPS) is 29.4. The monoisotopic (exact) mass is 277 g/mol. The first kappa shape index (κ1) is 13.4. The van der Waals surface area contributed by atoms with Gasteiger partial charge in [-0.15, -0.1) is 0 Å². The van der Waals surface area contributed by atoms with Crippen LogP contribution in [-0.4, -0.2) is 17.1 Å². The zero-order valence-electron chi connectivity index (χ0n) is 11.6. The standard InChI is InChI=1S/C16H20FNO2/c1-9(14-7-10-2-3-11(14)6-10)18-16(20)13-5-4-12(17)8-15(13)19/h4-5,8-11,14,19H,2-3,6-7H2,1H3,(H,18,20). The van der Waals surface area contributed by atoms with Crippen molar-refractivity contribution in [1.29, 1.82) is 0 Å². The molecule has 108 valence electrons. The van der Waals surface area contributed by atoms with Gasteiger partial charge in [0.05, 0.1) is 5.56 Å². The largest absolute Gasteiger partial charge is 0.507 e. The summed E-state index contributed by atoms with van der Waals surface area (Å²) in [5, 5.41) is 12.6. The summed E-state index contributed by atoms with van der Waals surface area (Å²) in [7, 11) is 0. The van der Waals surface area contributed by atoms with Gasteiger partial charge in [-0.3, -0.25) is 4.79 Å². The molecule has 0 radical (unpaired) electrons. The van der Waals surface area contributed by atoms with E-state index in [1.807, 2.05) is 6.92 Å². The van der Waals surface area contributed by atoms with E-state index in [2.05, 4.69) is 5.32 Å². The SMILES string of the molecule is CC(NC(=O)c1ccc(F)cc1O)C1CC2CCC1C2. The van der Waals surface area contributed by atoms with E-state index in [0.29, 0.717) is 5.92 Å². The Morgan fingerprint density at radius 2 is 2.20 bits per heavy atom. The van der Waals surface area contributed by atoms with Crippen molar-refractivity contribution in [3.05, 3.63) is 29.6 Å². The molecule has 2 aliphatic rings. The van der Waals surface area contributed by atoms with Gasteiger partial charge >= 0.3 is 0 Å². The summed E-state index contributed by atoms with van der Waals surface area (Å²) in [5.41, 5.74) is 0.140. The molecular weight excluding hydrogens is 257 g/mol. The second-order valence-corrected chi connectivity index (χ2v) is 6.26. The Bertz CT molecular complexity index is 531. The zero-order valence-corrected chi connectivity index (χ0v) is 11.6. The topological polar surface area (TPSA) is 49.3 Å². The summed E-state index contributed by atoms with van der Waals surface area (Å²) >= 11 is 0. The van der Waals surface area contributed by atoms with Gasteiger partial charge in [-0.25, -0.2) is 4.39 Å². The van der Waals surface area contributed by atoms with Crippen molar-refractivity contribution in [2.24, 2.45) is 17.8 Å². The fraction of sp³-hybridized carbons (Fsp3) is 0.562. The van der Waals surface area contributed by atoms with Crippen molar-refractivity contribution in [3.8, 4) is 5.75 Å². The lowest BCUT2D eigenvalue weighted by Crippen LogP contribution is -2.40. The first-order valence-electron chi connectivity index (χ1n) is 7.34. The van der Waals surface area contributed by atoms with Crippen molar-refractivity contribution >= 4 is 5.91 Å². The number of carbonyl (C=O) groups is 1. The third-order valence-electron chi connectivity index (χ3n) is 5.00. The minimum Gasteiger partial charge on any atom is -0.507 e. The number of amides is 1. The van der Waals surface area contributed by atoms with Gasteiger partial charge in [0.15, 0.2) is 0 Å². The molecule has 2 bridgehead atoms. The fourth-order valence-corrected chi connectivity index (χ4v) is 3.99. The lowest BCUT2D eigenvalue weighted by molar-refractivity contribution is 0.0912. The zero-order chi connectivity index (χ0) is 14.3. The molecule has 3 rings (SSSR count). The van der Waals surface area contributed by atoms with E-state index in [1.54, 1.807) is 0 Å². The molecule has 2 N–H and O–H groups in total. The Kier molecular flexibility index (Phi) is 3.40. The average Bonchev–Trinajstić information content (AvgIpc) is 3.00. The average molecular weight is 277 g/mol. The summed E-state index contributed by atoms with van der Waals surface area (Å²) in [4.78, 5) is 12.2. The van der Waals surface area contributed by atoms with Crippen LogP contribution in [0.15, 0.2) is 18.2 Å². The predicted octanol–water partition coefficient (Wildman–Crippen LogP) is 3.09. The molecule has 1 aromatic rings. The lowest BCUT2D eigenvalue weighted by Gasteiger charge is -2.28. The Hall–Kier alpha value is -1.58. The number of nitrogens with one attached hydrogen (secondary N) is 1. The van der Waals surface area contributed by atoms with Crippen LogP contribution in [0.3, 0.4) is 0 Å². The van der Waals surface area contributed by atoms with Crippen LogP contribution in [0.1, 0.15) is 43.0 Å². The molecule has 0 spiro atoms. The Balaban J connectivity index is 1.66. The quantitative estimate of drug-likeness (QED) is 0.892. The number of phenols is 1. The molecule has 1 aromatic carbocycles. The second-order valence-electron chi connectivity index (χ2n) is 6.26. The first-order chi connectivity index (χ1) is 9.54. The maximum atomic E-state index is 12.9. The summed E-state index contributed by atoms with van der Waals surface area (Å²) in [6.07, 6.45) is 5.10. The smallest absolute Gasteiger partial charge is 0.255 e. The Labute approximate surface area is 118 Å². The number of phenolic OH excluding ortho intramolecular Hbond substituents is 1. The molecule has 1 amide bonds. The maximum absolute atomic E-state index is 12.9. The van der Waals surface area contributed by atoms with E-state index in [0.717, 1.165) is 17.9 Å². The van der Waals surface area contributed by atoms with Gasteiger partial charge in [0, 0.05) is 12.1 Å². The van der Waals surface area contributed by atoms with Crippen molar-refractivity contribution in [2.45, 2.75) is 38.6 Å². The van der Waals surface area contributed by atoms with Crippen LogP contribution in [0, 0.1) is 23.6 Å². The van der Waals surface area contributed by atoms with Crippen LogP contribution in [0.4, 0.5) is 4.39 Å². The molecule has 3 nitrogen and oxygen atoms in total. The van der Waals surface area contributed by atoms with Gasteiger partial charge in [-0.2, -0.15) is 0 Å². The Morgan fingerprint density at radius 3 is 2.80 bits per heavy atom. The minimum atomic E-state index is -0.541. The van der Waals surface area contributed by atoms with Crippen molar-refractivity contribution in [2.75, 3.05) is 0 Å². The van der Waals surface area contributed by atoms with Crippen LogP contribution < -0.4 is 5.32 Å². The third-order valence-corrected chi connectivity index (χ3v) is 5.00. The van der Waals surface area contributed by atoms with Gasteiger partial charge < -0.3 is 10.4 Å². The number of benzene rings is 1. The van der Waals surface area contributed by atoms with Crippen LogP contribution in [0.5, 0.6) is 5.75 Å². The summed E-state index contributed by atoms with van der Waals surface area (Å²) in [6.45, 7) is 2.03. The van der Waals surface area contributed by atoms with Crippen LogP contribution in [0.25, 0.3) is 0 Å². The van der Waals surface area contributed by atoms with Gasteiger partial charge in [0.2, 0.25) is 0 Å². The van der Waals surface area contributed by atoms with Crippen molar-refractivity contribution in [1.82, 2.24) is 5.32 Å². The molecule has 0 heterocycles. The molecule has 20 heavy (non-hydrogen) atoms. The van der Waals surface area contributed by atoms with Gasteiger partial charge in [0.1, 0.15) is 11.6 Å². The number of halogens is 1. The van der Waals surface area contributed by atoms with E-state index < -0.39 is 5.82 Å². The predicted molar refractivity (Wildman–Crippen MR) is 73.9 cm³/mol. The van der Waals surface area contributed by atoms with Crippen molar-refractivity contribution < 1.29 is 14.3 Å². The number of carbonyl (C=O) groups excluding carboxylic acids is 1. The fourth-order valence-electron chi connectivity index (χ4n) is 3.99. The minimum absolute atomic E-state index is 0.0993. The highest BCUT2D eigenvalue weighted by Crippen LogP contribution is 2.49. The molecule has 0 aromatic heterocycles. The highest BCUT2D eigenvalue weighted by molar-refractivity contribution is 5.96. The number of fused-ring (bicyclic) bond motifs is 2. The molecule has 2 aliphatic carbocycles. The number of hydrogen-bond acceptors (Lipinski definition) is 2. The number of aromatic hydroxyl groups is 1. The number of rotatable bonds is 3. The van der Waals surface area contributed by atoms with Gasteiger partial charge in [0.25, 0.3) is 5.91 Å². The first-order valence-corrected chi connectivity index (χ1v) is 7.34. The third kappa shape index (κ3) is 2.39. The Morgan fingerprint density at radius 1 is 1.40 bits per heavy atom. The van der Waals surface area contributed by atoms with Gasteiger partial charge in [-0.1, -0.05) is 6.42 Å². The summed E-state index contributed by atoms with van der Waals surface area (Å²) < 4.78 is 12.9. The summed E-state index contributed by atoms with van der Waals surface area (Å²) in [6, 6.07) is 3.59. The van der Waals surface area contributed by atoms with E-state index in [9.17, 15) is 14.3 Å². The molecule has 0 saturated heterocycles. The molecule has 4 unspecified atom stereocenters. The highest BCUT2D eigenvalue weighted by atomic mass is 19.1. The van der Waals surface area contributed by atoms with Crippen molar-refractivity contribution in [3.63, 3.8) is 0 Å².